The predicted molar refractivity (Wildman–Crippen MR) is 107 cm³/mol. The highest BCUT2D eigenvalue weighted by Gasteiger charge is 2.32. The van der Waals surface area contributed by atoms with Crippen LogP contribution < -0.4 is 4.74 Å². The molecule has 0 atom stereocenters. The number of para-hydroxylation sites is 1. The molecule has 3 rings (SSSR count). The van der Waals surface area contributed by atoms with Gasteiger partial charge >= 0.3 is 5.69 Å². The molecule has 2 aromatic carbocycles. The summed E-state index contributed by atoms with van der Waals surface area (Å²) in [4.78, 5) is 35.3. The topological polar surface area (TPSA) is 107 Å². The Bertz CT molecular complexity index is 999. The third-order valence-corrected chi connectivity index (χ3v) is 4.71. The van der Waals surface area contributed by atoms with E-state index in [-0.39, 0.29) is 36.3 Å². The van der Waals surface area contributed by atoms with Crippen LogP contribution >= 0.6 is 0 Å². The summed E-state index contributed by atoms with van der Waals surface area (Å²) in [6, 6.07) is 10.1. The third kappa shape index (κ3) is 4.34. The van der Waals surface area contributed by atoms with Crippen molar-refractivity contribution in [3.63, 3.8) is 0 Å². The Kier molecular flexibility index (Phi) is 5.77. The zero-order valence-electron chi connectivity index (χ0n) is 16.2. The summed E-state index contributed by atoms with van der Waals surface area (Å²) in [5, 5.41) is 22.3. The molecule has 0 heterocycles. The van der Waals surface area contributed by atoms with Gasteiger partial charge in [0, 0.05) is 12.8 Å². The number of aliphatic hydroxyl groups excluding tert-OH is 1. The second-order valence-electron chi connectivity index (χ2n) is 7.12. The van der Waals surface area contributed by atoms with E-state index < -0.39 is 27.9 Å². The molecule has 29 heavy (non-hydrogen) atoms. The molecule has 1 aliphatic carbocycles. The molecule has 2 aromatic rings. The molecule has 7 nitrogen and oxygen atoms in total. The summed E-state index contributed by atoms with van der Waals surface area (Å²) in [5.41, 5.74) is 1.89. The molecule has 1 fully saturated rings. The van der Waals surface area contributed by atoms with Gasteiger partial charge in [-0.05, 0) is 38.0 Å². The summed E-state index contributed by atoms with van der Waals surface area (Å²) in [5.74, 6) is -1.72. The van der Waals surface area contributed by atoms with E-state index in [1.54, 1.807) is 0 Å². The number of benzene rings is 2. The normalized spacial score (nSPS) is 14.1. The van der Waals surface area contributed by atoms with Gasteiger partial charge in [-0.15, -0.1) is 0 Å². The fraction of sp³-hybridized carbons (Fsp3) is 0.273. The van der Waals surface area contributed by atoms with Crippen LogP contribution in [0.3, 0.4) is 0 Å². The number of hydrogen-bond donors (Lipinski definition) is 1. The summed E-state index contributed by atoms with van der Waals surface area (Å²) < 4.78 is 5.68. The number of carbonyl (C=O) groups is 2. The molecular formula is C22H21NO6. The van der Waals surface area contributed by atoms with Gasteiger partial charge in [-0.2, -0.15) is 0 Å². The Hall–Kier alpha value is -3.48. The molecule has 1 aliphatic rings. The largest absolute Gasteiger partial charge is 0.506 e. The lowest BCUT2D eigenvalue weighted by atomic mass is 9.89. The van der Waals surface area contributed by atoms with Crippen molar-refractivity contribution < 1.29 is 24.4 Å². The maximum atomic E-state index is 12.1. The lowest BCUT2D eigenvalue weighted by molar-refractivity contribution is -0.386. The maximum absolute atomic E-state index is 12.1. The maximum Gasteiger partial charge on any atom is 0.321 e. The third-order valence-electron chi connectivity index (χ3n) is 4.71. The summed E-state index contributed by atoms with van der Waals surface area (Å²) in [6.45, 7) is 3.99. The minimum atomic E-state index is -0.680. The second-order valence-corrected chi connectivity index (χ2v) is 7.12. The lowest BCUT2D eigenvalue weighted by Crippen LogP contribution is -2.20. The van der Waals surface area contributed by atoms with Crippen molar-refractivity contribution in [2.45, 2.75) is 39.7 Å². The smallest absolute Gasteiger partial charge is 0.321 e. The van der Waals surface area contributed by atoms with Crippen molar-refractivity contribution in [1.29, 1.82) is 0 Å². The Morgan fingerprint density at radius 2 is 1.72 bits per heavy atom. The average molecular weight is 395 g/mol. The minimum absolute atomic E-state index is 0.0467. The van der Waals surface area contributed by atoms with Crippen LogP contribution in [0.15, 0.2) is 42.0 Å². The Morgan fingerprint density at radius 3 is 2.31 bits per heavy atom. The van der Waals surface area contributed by atoms with Crippen molar-refractivity contribution in [2.24, 2.45) is 0 Å². The number of hydrogen-bond acceptors (Lipinski definition) is 6. The summed E-state index contributed by atoms with van der Waals surface area (Å²) in [6.07, 6.45) is 0.666. The number of rotatable bonds is 5. The van der Waals surface area contributed by atoms with Gasteiger partial charge in [-0.3, -0.25) is 19.7 Å². The van der Waals surface area contributed by atoms with Gasteiger partial charge < -0.3 is 9.84 Å². The number of carbonyl (C=O) groups excluding carboxylic acids is 2. The minimum Gasteiger partial charge on any atom is -0.506 e. The summed E-state index contributed by atoms with van der Waals surface area (Å²) in [7, 11) is 0. The SMILES string of the molecule is Cc1cc(C)cc(COc2cccc(C(O)=C3C(=O)CCCC3=O)c2[N+](=O)[O-])c1. The van der Waals surface area contributed by atoms with Crippen molar-refractivity contribution in [3.8, 4) is 5.75 Å². The molecule has 0 unspecified atom stereocenters. The van der Waals surface area contributed by atoms with Gasteiger partial charge in [0.1, 0.15) is 17.9 Å². The number of ether oxygens (including phenoxy) is 1. The van der Waals surface area contributed by atoms with Gasteiger partial charge in [0.15, 0.2) is 17.3 Å². The van der Waals surface area contributed by atoms with Crippen LogP contribution in [0, 0.1) is 24.0 Å². The first-order valence-electron chi connectivity index (χ1n) is 9.25. The molecule has 0 aliphatic heterocycles. The molecule has 0 bridgehead atoms. The average Bonchev–Trinajstić information content (AvgIpc) is 2.65. The monoisotopic (exact) mass is 395 g/mol. The van der Waals surface area contributed by atoms with E-state index in [0.717, 1.165) is 16.7 Å². The Balaban J connectivity index is 2.01. The molecule has 0 radical (unpaired) electrons. The van der Waals surface area contributed by atoms with Crippen LogP contribution in [0.1, 0.15) is 41.5 Å². The van der Waals surface area contributed by atoms with Gasteiger partial charge in [0.05, 0.1) is 10.5 Å². The molecule has 0 amide bonds. The van der Waals surface area contributed by atoms with Crippen LogP contribution in [0.4, 0.5) is 5.69 Å². The van der Waals surface area contributed by atoms with E-state index in [1.807, 2.05) is 32.0 Å². The molecule has 0 aromatic heterocycles. The number of Topliss-reactive ketones (excluding diaryl/α,β-unsaturated/α-hetero) is 2. The fourth-order valence-electron chi connectivity index (χ4n) is 3.55. The first kappa shape index (κ1) is 20.3. The predicted octanol–water partition coefficient (Wildman–Crippen LogP) is 4.38. The standard InChI is InChI=1S/C22H21NO6/c1-13-9-14(2)11-15(10-13)12-29-19-8-3-5-16(21(19)23(27)28)22(26)20-17(24)6-4-7-18(20)25/h3,5,8-11,26H,4,6-7,12H2,1-2H3. The van der Waals surface area contributed by atoms with Crippen molar-refractivity contribution in [1.82, 2.24) is 0 Å². The highest BCUT2D eigenvalue weighted by atomic mass is 16.6. The zero-order valence-corrected chi connectivity index (χ0v) is 16.2. The van der Waals surface area contributed by atoms with Crippen LogP contribution in [-0.4, -0.2) is 21.6 Å². The van der Waals surface area contributed by atoms with Crippen LogP contribution in [-0.2, 0) is 16.2 Å². The quantitative estimate of drug-likeness (QED) is 0.265. The molecule has 1 saturated carbocycles. The number of nitrogens with zero attached hydrogens (tertiary/aromatic N) is 1. The molecule has 7 heteroatoms. The van der Waals surface area contributed by atoms with E-state index in [4.69, 9.17) is 4.74 Å². The van der Waals surface area contributed by atoms with Crippen molar-refractivity contribution in [3.05, 3.63) is 74.3 Å². The van der Waals surface area contributed by atoms with Crippen LogP contribution in [0.2, 0.25) is 0 Å². The van der Waals surface area contributed by atoms with E-state index >= 15 is 0 Å². The number of nitro groups is 1. The van der Waals surface area contributed by atoms with Crippen molar-refractivity contribution in [2.75, 3.05) is 0 Å². The highest BCUT2D eigenvalue weighted by Crippen LogP contribution is 2.37. The van der Waals surface area contributed by atoms with Gasteiger partial charge in [-0.25, -0.2) is 0 Å². The summed E-state index contributed by atoms with van der Waals surface area (Å²) >= 11 is 0. The number of aryl methyl sites for hydroxylation is 2. The molecule has 0 spiro atoms. The highest BCUT2D eigenvalue weighted by molar-refractivity contribution is 6.26. The number of allylic oxidation sites excluding steroid dienone is 1. The Morgan fingerprint density at radius 1 is 1.10 bits per heavy atom. The number of nitro benzene ring substituents is 1. The van der Waals surface area contributed by atoms with Crippen LogP contribution in [0.5, 0.6) is 5.75 Å². The van der Waals surface area contributed by atoms with E-state index in [1.165, 1.54) is 18.2 Å². The van der Waals surface area contributed by atoms with E-state index in [2.05, 4.69) is 0 Å². The van der Waals surface area contributed by atoms with E-state index in [0.29, 0.717) is 6.42 Å². The number of aliphatic hydroxyl groups is 1. The Labute approximate surface area is 167 Å². The van der Waals surface area contributed by atoms with Gasteiger partial charge in [-0.1, -0.05) is 35.4 Å². The molecular weight excluding hydrogens is 374 g/mol. The van der Waals surface area contributed by atoms with Crippen LogP contribution in [0.25, 0.3) is 5.76 Å². The zero-order chi connectivity index (χ0) is 21.1. The molecule has 0 saturated heterocycles. The van der Waals surface area contributed by atoms with Gasteiger partial charge in [0.25, 0.3) is 0 Å². The second kappa shape index (κ2) is 8.26. The first-order valence-corrected chi connectivity index (χ1v) is 9.25. The van der Waals surface area contributed by atoms with Gasteiger partial charge in [0.2, 0.25) is 0 Å². The first-order chi connectivity index (χ1) is 13.8. The molecule has 150 valence electrons. The number of ketones is 2. The van der Waals surface area contributed by atoms with E-state index in [9.17, 15) is 24.8 Å². The lowest BCUT2D eigenvalue weighted by Gasteiger charge is -2.15. The molecule has 1 N–H and O–H groups in total. The van der Waals surface area contributed by atoms with Crippen molar-refractivity contribution >= 4 is 23.0 Å². The fourth-order valence-corrected chi connectivity index (χ4v) is 3.55.